The molecule has 0 radical (unpaired) electrons. The number of carbonyl (C=O) groups excluding carboxylic acids is 1. The van der Waals surface area contributed by atoms with Gasteiger partial charge in [-0.2, -0.15) is 0 Å². The number of thioether (sulfide) groups is 1. The quantitative estimate of drug-likeness (QED) is 0.778. The van der Waals surface area contributed by atoms with Crippen LogP contribution >= 0.6 is 27.7 Å². The van der Waals surface area contributed by atoms with E-state index < -0.39 is 11.4 Å². The predicted molar refractivity (Wildman–Crippen MR) is 79.3 cm³/mol. The van der Waals surface area contributed by atoms with Crippen LogP contribution in [0.5, 0.6) is 0 Å². The standard InChI is InChI=1S/C13H16BrNO3S/c1-13(2,12(17)18)8-15-11(16)7-19-10-5-3-9(14)4-6-10/h3-6H,7-8H2,1-2H3,(H,15,16)(H,17,18). The number of carboxylic acid groups (broad SMARTS) is 1. The van der Waals surface area contributed by atoms with Crippen LogP contribution in [0.25, 0.3) is 0 Å². The monoisotopic (exact) mass is 345 g/mol. The average Bonchev–Trinajstić information content (AvgIpc) is 2.35. The van der Waals surface area contributed by atoms with Gasteiger partial charge in [0.1, 0.15) is 0 Å². The fraction of sp³-hybridized carbons (Fsp3) is 0.385. The van der Waals surface area contributed by atoms with Gasteiger partial charge in [0, 0.05) is 15.9 Å². The van der Waals surface area contributed by atoms with Crippen molar-refractivity contribution in [2.75, 3.05) is 12.3 Å². The third kappa shape index (κ3) is 5.65. The summed E-state index contributed by atoms with van der Waals surface area (Å²) >= 11 is 4.76. The summed E-state index contributed by atoms with van der Waals surface area (Å²) in [6, 6.07) is 7.66. The number of halogens is 1. The number of carboxylic acids is 1. The molecule has 1 rings (SSSR count). The van der Waals surface area contributed by atoms with E-state index in [-0.39, 0.29) is 18.2 Å². The van der Waals surface area contributed by atoms with E-state index in [1.165, 1.54) is 11.8 Å². The molecule has 0 aromatic heterocycles. The third-order valence-corrected chi connectivity index (χ3v) is 4.03. The van der Waals surface area contributed by atoms with Gasteiger partial charge in [0.15, 0.2) is 0 Å². The summed E-state index contributed by atoms with van der Waals surface area (Å²) in [5.41, 5.74) is -0.946. The molecule has 0 aliphatic rings. The number of hydrogen-bond donors (Lipinski definition) is 2. The Balaban J connectivity index is 2.36. The highest BCUT2D eigenvalue weighted by Gasteiger charge is 2.27. The van der Waals surface area contributed by atoms with Gasteiger partial charge in [-0.05, 0) is 38.1 Å². The van der Waals surface area contributed by atoms with Crippen molar-refractivity contribution in [1.29, 1.82) is 0 Å². The van der Waals surface area contributed by atoms with Crippen LogP contribution in [0, 0.1) is 5.41 Å². The van der Waals surface area contributed by atoms with E-state index in [0.717, 1.165) is 9.37 Å². The van der Waals surface area contributed by atoms with E-state index in [2.05, 4.69) is 21.2 Å². The molecule has 2 N–H and O–H groups in total. The molecule has 104 valence electrons. The van der Waals surface area contributed by atoms with Crippen molar-refractivity contribution in [2.24, 2.45) is 5.41 Å². The first-order valence-electron chi connectivity index (χ1n) is 5.70. The molecule has 6 heteroatoms. The molecule has 0 fully saturated rings. The highest BCUT2D eigenvalue weighted by molar-refractivity contribution is 9.10. The second-order valence-electron chi connectivity index (χ2n) is 4.71. The molecule has 0 bridgehead atoms. The largest absolute Gasteiger partial charge is 0.481 e. The zero-order chi connectivity index (χ0) is 14.5. The molecule has 0 atom stereocenters. The zero-order valence-electron chi connectivity index (χ0n) is 10.8. The van der Waals surface area contributed by atoms with Crippen LogP contribution in [0.1, 0.15) is 13.8 Å². The molecule has 1 aromatic carbocycles. The number of benzene rings is 1. The smallest absolute Gasteiger partial charge is 0.310 e. The minimum atomic E-state index is -0.946. The highest BCUT2D eigenvalue weighted by atomic mass is 79.9. The van der Waals surface area contributed by atoms with E-state index in [0.29, 0.717) is 0 Å². The van der Waals surface area contributed by atoms with Crippen molar-refractivity contribution in [3.05, 3.63) is 28.7 Å². The van der Waals surface area contributed by atoms with Gasteiger partial charge in [0.2, 0.25) is 5.91 Å². The molecule has 19 heavy (non-hydrogen) atoms. The van der Waals surface area contributed by atoms with Gasteiger partial charge in [0.05, 0.1) is 11.2 Å². The molecule has 0 aliphatic heterocycles. The lowest BCUT2D eigenvalue weighted by Crippen LogP contribution is -2.39. The summed E-state index contributed by atoms with van der Waals surface area (Å²) in [7, 11) is 0. The third-order valence-electron chi connectivity index (χ3n) is 2.49. The van der Waals surface area contributed by atoms with Crippen molar-refractivity contribution in [3.8, 4) is 0 Å². The summed E-state index contributed by atoms with van der Waals surface area (Å²) in [5, 5.41) is 11.6. The van der Waals surface area contributed by atoms with E-state index in [4.69, 9.17) is 5.11 Å². The van der Waals surface area contributed by atoms with Crippen LogP contribution in [-0.4, -0.2) is 29.3 Å². The van der Waals surface area contributed by atoms with E-state index >= 15 is 0 Å². The maximum absolute atomic E-state index is 11.6. The summed E-state index contributed by atoms with van der Waals surface area (Å²) in [6.07, 6.45) is 0. The van der Waals surface area contributed by atoms with Crippen LogP contribution in [0.3, 0.4) is 0 Å². The van der Waals surface area contributed by atoms with Crippen molar-refractivity contribution in [3.63, 3.8) is 0 Å². The van der Waals surface area contributed by atoms with Crippen LogP contribution < -0.4 is 5.32 Å². The van der Waals surface area contributed by atoms with Gasteiger partial charge < -0.3 is 10.4 Å². The Morgan fingerprint density at radius 3 is 2.42 bits per heavy atom. The average molecular weight is 346 g/mol. The van der Waals surface area contributed by atoms with E-state index in [1.54, 1.807) is 13.8 Å². The summed E-state index contributed by atoms with van der Waals surface area (Å²) < 4.78 is 0.990. The van der Waals surface area contributed by atoms with Gasteiger partial charge in [0.25, 0.3) is 0 Å². The molecule has 0 heterocycles. The zero-order valence-corrected chi connectivity index (χ0v) is 13.2. The molecule has 0 unspecified atom stereocenters. The van der Waals surface area contributed by atoms with Crippen LogP contribution in [0.15, 0.2) is 33.6 Å². The minimum absolute atomic E-state index is 0.127. The highest BCUT2D eigenvalue weighted by Crippen LogP contribution is 2.20. The minimum Gasteiger partial charge on any atom is -0.481 e. The molecular formula is C13H16BrNO3S. The number of rotatable bonds is 6. The second-order valence-corrected chi connectivity index (χ2v) is 6.67. The summed E-state index contributed by atoms with van der Waals surface area (Å²) in [6.45, 7) is 3.29. The molecule has 1 amide bonds. The molecule has 4 nitrogen and oxygen atoms in total. The van der Waals surface area contributed by atoms with Gasteiger partial charge in [-0.1, -0.05) is 15.9 Å². The lowest BCUT2D eigenvalue weighted by Gasteiger charge is -2.19. The Kier molecular flexibility index (Phi) is 5.87. The molecule has 0 spiro atoms. The van der Waals surface area contributed by atoms with Crippen molar-refractivity contribution in [1.82, 2.24) is 5.32 Å². The molecule has 0 saturated heterocycles. The lowest BCUT2D eigenvalue weighted by atomic mass is 9.94. The van der Waals surface area contributed by atoms with Crippen molar-refractivity contribution < 1.29 is 14.7 Å². The number of carbonyl (C=O) groups is 2. The summed E-state index contributed by atoms with van der Waals surface area (Å²) in [4.78, 5) is 23.5. The molecule has 0 aliphatic carbocycles. The van der Waals surface area contributed by atoms with Crippen LogP contribution in [-0.2, 0) is 9.59 Å². The first kappa shape index (κ1) is 16.0. The SMILES string of the molecule is CC(C)(CNC(=O)CSc1ccc(Br)cc1)C(=O)O. The van der Waals surface area contributed by atoms with Gasteiger partial charge in [-0.15, -0.1) is 11.8 Å². The van der Waals surface area contributed by atoms with Gasteiger partial charge in [-0.3, -0.25) is 9.59 Å². The fourth-order valence-corrected chi connectivity index (χ4v) is 2.12. The molecular weight excluding hydrogens is 330 g/mol. The van der Waals surface area contributed by atoms with E-state index in [1.807, 2.05) is 24.3 Å². The maximum atomic E-state index is 11.6. The first-order chi connectivity index (χ1) is 8.81. The number of amides is 1. The Morgan fingerprint density at radius 2 is 1.89 bits per heavy atom. The fourth-order valence-electron chi connectivity index (χ4n) is 1.13. The second kappa shape index (κ2) is 6.96. The molecule has 0 saturated carbocycles. The van der Waals surface area contributed by atoms with Crippen LogP contribution in [0.2, 0.25) is 0 Å². The van der Waals surface area contributed by atoms with Crippen molar-refractivity contribution in [2.45, 2.75) is 18.7 Å². The molecule has 1 aromatic rings. The Labute approximate surface area is 125 Å². The van der Waals surface area contributed by atoms with Gasteiger partial charge >= 0.3 is 5.97 Å². The topological polar surface area (TPSA) is 66.4 Å². The number of nitrogens with one attached hydrogen (secondary N) is 1. The Bertz CT molecular complexity index is 459. The maximum Gasteiger partial charge on any atom is 0.310 e. The van der Waals surface area contributed by atoms with Gasteiger partial charge in [-0.25, -0.2) is 0 Å². The Hall–Kier alpha value is -1.01. The van der Waals surface area contributed by atoms with E-state index in [9.17, 15) is 9.59 Å². The van der Waals surface area contributed by atoms with Crippen LogP contribution in [0.4, 0.5) is 0 Å². The normalized spacial score (nSPS) is 11.1. The van der Waals surface area contributed by atoms with Crippen molar-refractivity contribution >= 4 is 39.6 Å². The first-order valence-corrected chi connectivity index (χ1v) is 7.47. The Morgan fingerprint density at radius 1 is 1.32 bits per heavy atom. The number of aliphatic carboxylic acids is 1. The summed E-state index contributed by atoms with van der Waals surface area (Å²) in [5.74, 6) is -0.812. The lowest BCUT2D eigenvalue weighted by molar-refractivity contribution is -0.146. The number of hydrogen-bond acceptors (Lipinski definition) is 3. The predicted octanol–water partition coefficient (Wildman–Crippen LogP) is 2.77.